The molecular formula is C25H22ClNO3S. The lowest BCUT2D eigenvalue weighted by molar-refractivity contribution is 0.0940. The monoisotopic (exact) mass is 451 g/mol. The zero-order chi connectivity index (χ0) is 21.8. The molecule has 31 heavy (non-hydrogen) atoms. The first kappa shape index (κ1) is 21.2. The van der Waals surface area contributed by atoms with Crippen LogP contribution in [0.15, 0.2) is 72.8 Å². The van der Waals surface area contributed by atoms with Gasteiger partial charge in [-0.2, -0.15) is 0 Å². The molecule has 0 spiro atoms. The van der Waals surface area contributed by atoms with Crippen LogP contribution in [0.2, 0.25) is 5.02 Å². The van der Waals surface area contributed by atoms with Crippen molar-refractivity contribution in [1.82, 2.24) is 5.32 Å². The summed E-state index contributed by atoms with van der Waals surface area (Å²) in [6, 6.07) is 23.3. The topological polar surface area (TPSA) is 47.6 Å². The fraction of sp³-hybridized carbons (Fsp3) is 0.160. The van der Waals surface area contributed by atoms with Crippen molar-refractivity contribution in [2.24, 2.45) is 0 Å². The first-order valence-electron chi connectivity index (χ1n) is 9.84. The Kier molecular flexibility index (Phi) is 6.44. The molecule has 1 amide bonds. The van der Waals surface area contributed by atoms with Crippen molar-refractivity contribution in [3.05, 3.63) is 93.8 Å². The average Bonchev–Trinajstić information content (AvgIpc) is 3.15. The molecule has 1 heterocycles. The number of carbonyl (C=O) groups is 1. The van der Waals surface area contributed by atoms with E-state index >= 15 is 0 Å². The number of hydrogen-bond donors (Lipinski definition) is 1. The predicted octanol–water partition coefficient (Wildman–Crippen LogP) is 6.29. The standard InChI is InChI=1S/C25H22ClNO3S/c1-29-20-13-12-17(15-21(20)30-2)19(14-16-8-4-3-5-9-16)27-25(28)24-23(26)18-10-6-7-11-22(18)31-24/h3-13,15,19H,14H2,1-2H3,(H,27,28)/t19-/m1/s1. The normalized spacial score (nSPS) is 11.8. The number of ether oxygens (including phenoxy) is 2. The fourth-order valence-electron chi connectivity index (χ4n) is 3.56. The van der Waals surface area contributed by atoms with Gasteiger partial charge in [-0.1, -0.05) is 66.2 Å². The number of methoxy groups -OCH3 is 2. The third kappa shape index (κ3) is 4.53. The predicted molar refractivity (Wildman–Crippen MR) is 127 cm³/mol. The molecule has 3 aromatic carbocycles. The molecule has 0 aliphatic rings. The van der Waals surface area contributed by atoms with Gasteiger partial charge in [0.05, 0.1) is 25.3 Å². The molecule has 0 saturated heterocycles. The number of halogens is 1. The van der Waals surface area contributed by atoms with Crippen LogP contribution >= 0.6 is 22.9 Å². The van der Waals surface area contributed by atoms with Crippen LogP contribution in [0.1, 0.15) is 26.8 Å². The summed E-state index contributed by atoms with van der Waals surface area (Å²) in [5, 5.41) is 4.56. The number of rotatable bonds is 7. The van der Waals surface area contributed by atoms with E-state index in [1.807, 2.05) is 72.8 Å². The second-order valence-electron chi connectivity index (χ2n) is 7.07. The molecule has 158 valence electrons. The minimum atomic E-state index is -0.268. The Morgan fingerprint density at radius 1 is 0.968 bits per heavy atom. The van der Waals surface area contributed by atoms with Gasteiger partial charge in [0.25, 0.3) is 5.91 Å². The zero-order valence-corrected chi connectivity index (χ0v) is 18.8. The van der Waals surface area contributed by atoms with Crippen molar-refractivity contribution in [2.75, 3.05) is 14.2 Å². The van der Waals surface area contributed by atoms with Crippen molar-refractivity contribution in [3.8, 4) is 11.5 Å². The lowest BCUT2D eigenvalue weighted by atomic mass is 9.98. The first-order chi connectivity index (χ1) is 15.1. The van der Waals surface area contributed by atoms with Crippen LogP contribution < -0.4 is 14.8 Å². The maximum Gasteiger partial charge on any atom is 0.263 e. The molecule has 0 aliphatic heterocycles. The van der Waals surface area contributed by atoms with Gasteiger partial charge in [0.1, 0.15) is 4.88 Å². The molecule has 1 aromatic heterocycles. The molecule has 4 rings (SSSR count). The Bertz CT molecular complexity index is 1210. The summed E-state index contributed by atoms with van der Waals surface area (Å²) in [5.74, 6) is 1.07. The van der Waals surface area contributed by atoms with Crippen molar-refractivity contribution in [3.63, 3.8) is 0 Å². The SMILES string of the molecule is COc1ccc([C@@H](Cc2ccccc2)NC(=O)c2sc3ccccc3c2Cl)cc1OC. The van der Waals surface area contributed by atoms with E-state index < -0.39 is 0 Å². The van der Waals surface area contributed by atoms with Crippen LogP contribution in [0.25, 0.3) is 10.1 Å². The average molecular weight is 452 g/mol. The molecule has 1 N–H and O–H groups in total. The number of nitrogens with one attached hydrogen (secondary N) is 1. The molecule has 0 fully saturated rings. The van der Waals surface area contributed by atoms with Crippen LogP contribution in [0.4, 0.5) is 0 Å². The van der Waals surface area contributed by atoms with Crippen molar-refractivity contribution < 1.29 is 14.3 Å². The van der Waals surface area contributed by atoms with Crippen LogP contribution in [0, 0.1) is 0 Å². The number of thiophene rings is 1. The van der Waals surface area contributed by atoms with Crippen molar-refractivity contribution in [2.45, 2.75) is 12.5 Å². The molecule has 0 unspecified atom stereocenters. The molecule has 4 nitrogen and oxygen atoms in total. The van der Waals surface area contributed by atoms with Crippen LogP contribution in [-0.4, -0.2) is 20.1 Å². The van der Waals surface area contributed by atoms with E-state index in [2.05, 4.69) is 5.32 Å². The minimum Gasteiger partial charge on any atom is -0.493 e. The van der Waals surface area contributed by atoms with Crippen molar-refractivity contribution in [1.29, 1.82) is 0 Å². The number of hydrogen-bond acceptors (Lipinski definition) is 4. The molecule has 1 atom stereocenters. The van der Waals surface area contributed by atoms with E-state index in [9.17, 15) is 4.79 Å². The summed E-state index contributed by atoms with van der Waals surface area (Å²) in [7, 11) is 3.20. The van der Waals surface area contributed by atoms with Gasteiger partial charge < -0.3 is 14.8 Å². The maximum absolute atomic E-state index is 13.2. The van der Waals surface area contributed by atoms with Gasteiger partial charge in [-0.05, 0) is 35.7 Å². The van der Waals surface area contributed by atoms with Crippen LogP contribution in [-0.2, 0) is 6.42 Å². The molecule has 0 saturated carbocycles. The lowest BCUT2D eigenvalue weighted by Crippen LogP contribution is -2.29. The molecule has 0 bridgehead atoms. The van der Waals surface area contributed by atoms with Gasteiger partial charge in [-0.15, -0.1) is 11.3 Å². The first-order valence-corrected chi connectivity index (χ1v) is 11.0. The van der Waals surface area contributed by atoms with E-state index in [4.69, 9.17) is 21.1 Å². The van der Waals surface area contributed by atoms with E-state index in [-0.39, 0.29) is 11.9 Å². The largest absolute Gasteiger partial charge is 0.493 e. The number of benzene rings is 3. The molecule has 4 aromatic rings. The van der Waals surface area contributed by atoms with Crippen molar-refractivity contribution >= 4 is 38.9 Å². The highest BCUT2D eigenvalue weighted by Gasteiger charge is 2.22. The third-order valence-electron chi connectivity index (χ3n) is 5.14. The third-order valence-corrected chi connectivity index (χ3v) is 6.81. The smallest absolute Gasteiger partial charge is 0.263 e. The van der Waals surface area contributed by atoms with Crippen LogP contribution in [0.5, 0.6) is 11.5 Å². The highest BCUT2D eigenvalue weighted by atomic mass is 35.5. The summed E-state index contributed by atoms with van der Waals surface area (Å²) in [4.78, 5) is 13.8. The van der Waals surface area contributed by atoms with E-state index in [0.29, 0.717) is 27.8 Å². The zero-order valence-electron chi connectivity index (χ0n) is 17.2. The van der Waals surface area contributed by atoms with Gasteiger partial charge in [0.15, 0.2) is 11.5 Å². The number of carbonyl (C=O) groups excluding carboxylic acids is 1. The quantitative estimate of drug-likeness (QED) is 0.359. The van der Waals surface area contributed by atoms with Gasteiger partial charge in [-0.25, -0.2) is 0 Å². The molecule has 0 aliphatic carbocycles. The Morgan fingerprint density at radius 3 is 2.39 bits per heavy atom. The van der Waals surface area contributed by atoms with Gasteiger partial charge >= 0.3 is 0 Å². The second-order valence-corrected chi connectivity index (χ2v) is 8.50. The molecule has 0 radical (unpaired) electrons. The minimum absolute atomic E-state index is 0.193. The molecule has 6 heteroatoms. The van der Waals surface area contributed by atoms with E-state index in [1.165, 1.54) is 11.3 Å². The fourth-order valence-corrected chi connectivity index (χ4v) is 4.98. The Balaban J connectivity index is 1.68. The summed E-state index contributed by atoms with van der Waals surface area (Å²) in [6.45, 7) is 0. The maximum atomic E-state index is 13.2. The Morgan fingerprint density at radius 2 is 1.68 bits per heavy atom. The highest BCUT2D eigenvalue weighted by Crippen LogP contribution is 2.36. The summed E-state index contributed by atoms with van der Waals surface area (Å²) < 4.78 is 11.8. The van der Waals surface area contributed by atoms with E-state index in [1.54, 1.807) is 14.2 Å². The highest BCUT2D eigenvalue weighted by molar-refractivity contribution is 7.21. The van der Waals surface area contributed by atoms with Crippen LogP contribution in [0.3, 0.4) is 0 Å². The van der Waals surface area contributed by atoms with E-state index in [0.717, 1.165) is 21.2 Å². The summed E-state index contributed by atoms with van der Waals surface area (Å²) in [6.07, 6.45) is 0.630. The molecular weight excluding hydrogens is 430 g/mol. The van der Waals surface area contributed by atoms with Gasteiger partial charge in [0.2, 0.25) is 0 Å². The summed E-state index contributed by atoms with van der Waals surface area (Å²) >= 11 is 7.94. The second kappa shape index (κ2) is 9.41. The van der Waals surface area contributed by atoms with Gasteiger partial charge in [0, 0.05) is 10.1 Å². The lowest BCUT2D eigenvalue weighted by Gasteiger charge is -2.21. The number of fused-ring (bicyclic) bond motifs is 1. The Hall–Kier alpha value is -3.02. The number of amides is 1. The van der Waals surface area contributed by atoms with Gasteiger partial charge in [-0.3, -0.25) is 4.79 Å². The summed E-state index contributed by atoms with van der Waals surface area (Å²) in [5.41, 5.74) is 2.04. The Labute approximate surface area is 190 Å².